The van der Waals surface area contributed by atoms with Gasteiger partial charge in [-0.05, 0) is 61.6 Å². The van der Waals surface area contributed by atoms with Crippen LogP contribution in [0.5, 0.6) is 5.75 Å². The van der Waals surface area contributed by atoms with Crippen LogP contribution in [-0.4, -0.2) is 35.6 Å². The first-order chi connectivity index (χ1) is 15.1. The number of alkyl halides is 3. The van der Waals surface area contributed by atoms with Crippen LogP contribution in [0.25, 0.3) is 5.57 Å². The van der Waals surface area contributed by atoms with Crippen molar-refractivity contribution in [3.05, 3.63) is 70.3 Å². The van der Waals surface area contributed by atoms with Crippen molar-refractivity contribution >= 4 is 11.5 Å². The first kappa shape index (κ1) is 22.4. The Kier molecular flexibility index (Phi) is 5.79. The quantitative estimate of drug-likeness (QED) is 0.668. The van der Waals surface area contributed by atoms with Gasteiger partial charge >= 0.3 is 12.1 Å². The number of para-hydroxylation sites is 1. The number of carbonyl (C=O) groups is 1. The van der Waals surface area contributed by atoms with Crippen LogP contribution in [0.4, 0.5) is 13.2 Å². The van der Waals surface area contributed by atoms with E-state index >= 15 is 0 Å². The number of benzene rings is 2. The predicted octanol–water partition coefficient (Wildman–Crippen LogP) is 5.61. The van der Waals surface area contributed by atoms with E-state index in [1.807, 2.05) is 24.3 Å². The molecule has 0 saturated carbocycles. The number of likely N-dealkylation sites (tertiary alicyclic amines) is 1. The Balaban J connectivity index is 1.72. The molecule has 2 heterocycles. The molecule has 2 aromatic carbocycles. The van der Waals surface area contributed by atoms with Crippen LogP contribution in [0.1, 0.15) is 48.9 Å². The van der Waals surface area contributed by atoms with Crippen LogP contribution < -0.4 is 4.74 Å². The average molecular weight is 445 g/mol. The highest BCUT2D eigenvalue weighted by Gasteiger charge is 2.34. The third-order valence-corrected chi connectivity index (χ3v) is 6.25. The molecule has 0 unspecified atom stereocenters. The van der Waals surface area contributed by atoms with Crippen molar-refractivity contribution in [1.29, 1.82) is 0 Å². The summed E-state index contributed by atoms with van der Waals surface area (Å²) in [6.07, 6.45) is -2.97. The van der Waals surface area contributed by atoms with Crippen molar-refractivity contribution in [3.8, 4) is 5.75 Å². The molecule has 0 aromatic heterocycles. The van der Waals surface area contributed by atoms with E-state index in [0.29, 0.717) is 30.9 Å². The second-order valence-corrected chi connectivity index (χ2v) is 9.10. The molecule has 1 saturated heterocycles. The summed E-state index contributed by atoms with van der Waals surface area (Å²) in [5.41, 5.74) is 2.77. The van der Waals surface area contributed by atoms with Crippen LogP contribution in [0.15, 0.2) is 48.0 Å². The van der Waals surface area contributed by atoms with Gasteiger partial charge in [0.15, 0.2) is 0 Å². The highest BCUT2D eigenvalue weighted by Crippen LogP contribution is 2.42. The summed E-state index contributed by atoms with van der Waals surface area (Å²) in [6.45, 7) is 5.37. The Morgan fingerprint density at radius 3 is 2.41 bits per heavy atom. The molecule has 1 fully saturated rings. The van der Waals surface area contributed by atoms with E-state index in [0.717, 1.165) is 41.2 Å². The molecule has 32 heavy (non-hydrogen) atoms. The Morgan fingerprint density at radius 1 is 1.06 bits per heavy atom. The van der Waals surface area contributed by atoms with Gasteiger partial charge in [0.25, 0.3) is 0 Å². The van der Waals surface area contributed by atoms with Gasteiger partial charge in [-0.15, -0.1) is 0 Å². The van der Waals surface area contributed by atoms with Crippen LogP contribution >= 0.6 is 0 Å². The zero-order chi connectivity index (χ0) is 23.1. The minimum atomic E-state index is -4.41. The second-order valence-electron chi connectivity index (χ2n) is 9.10. The van der Waals surface area contributed by atoms with Crippen molar-refractivity contribution in [1.82, 2.24) is 4.90 Å². The standard InChI is InChI=1S/C25H26F3NO3/c1-24(2,23(30)31)15-29-11-9-16(10-12-29)22-19-8-7-18(25(26,27)28)13-17(19)14-32-21-6-4-3-5-20(21)22/h3-8,13H,9-12,14-15H2,1-2H3,(H,30,31). The van der Waals surface area contributed by atoms with Gasteiger partial charge < -0.3 is 14.7 Å². The number of piperidine rings is 1. The largest absolute Gasteiger partial charge is 0.488 e. The van der Waals surface area contributed by atoms with E-state index in [1.54, 1.807) is 19.9 Å². The van der Waals surface area contributed by atoms with Gasteiger partial charge in [-0.1, -0.05) is 29.8 Å². The van der Waals surface area contributed by atoms with E-state index in [4.69, 9.17) is 4.74 Å². The van der Waals surface area contributed by atoms with E-state index in [2.05, 4.69) is 4.90 Å². The zero-order valence-electron chi connectivity index (χ0n) is 18.1. The van der Waals surface area contributed by atoms with E-state index in [1.165, 1.54) is 6.07 Å². The van der Waals surface area contributed by atoms with Crippen molar-refractivity contribution in [2.24, 2.45) is 5.41 Å². The minimum absolute atomic E-state index is 0.0754. The van der Waals surface area contributed by atoms with Crippen LogP contribution in [-0.2, 0) is 17.6 Å². The maximum Gasteiger partial charge on any atom is 0.416 e. The number of fused-ring (bicyclic) bond motifs is 2. The Morgan fingerprint density at radius 2 is 1.75 bits per heavy atom. The summed E-state index contributed by atoms with van der Waals surface area (Å²) in [5.74, 6) is -0.167. The number of hydrogen-bond donors (Lipinski definition) is 1. The lowest BCUT2D eigenvalue weighted by Gasteiger charge is -2.34. The van der Waals surface area contributed by atoms with Crippen molar-refractivity contribution in [2.45, 2.75) is 39.5 Å². The Bertz CT molecular complexity index is 1060. The average Bonchev–Trinajstić information content (AvgIpc) is 2.90. The zero-order valence-corrected chi connectivity index (χ0v) is 18.1. The molecule has 0 bridgehead atoms. The highest BCUT2D eigenvalue weighted by molar-refractivity contribution is 5.87. The number of nitrogens with zero attached hydrogens (tertiary/aromatic N) is 1. The molecule has 1 N–H and O–H groups in total. The molecule has 0 atom stereocenters. The lowest BCUT2D eigenvalue weighted by atomic mass is 9.85. The monoisotopic (exact) mass is 445 g/mol. The predicted molar refractivity (Wildman–Crippen MR) is 115 cm³/mol. The molecule has 0 aliphatic carbocycles. The molecular weight excluding hydrogens is 419 g/mol. The smallest absolute Gasteiger partial charge is 0.416 e. The number of hydrogen-bond acceptors (Lipinski definition) is 3. The molecule has 0 spiro atoms. The second kappa shape index (κ2) is 8.28. The van der Waals surface area contributed by atoms with Crippen LogP contribution in [0.3, 0.4) is 0 Å². The summed E-state index contributed by atoms with van der Waals surface area (Å²) in [5, 5.41) is 9.43. The van der Waals surface area contributed by atoms with Gasteiger partial charge in [0.1, 0.15) is 12.4 Å². The molecule has 7 heteroatoms. The molecule has 0 amide bonds. The van der Waals surface area contributed by atoms with Gasteiger partial charge in [0.2, 0.25) is 0 Å². The fourth-order valence-electron chi connectivity index (χ4n) is 4.47. The SMILES string of the molecule is CC(C)(CN1CCC(=C2c3ccc(C(F)(F)F)cc3COc3ccccc32)CC1)C(=O)O. The maximum absolute atomic E-state index is 13.3. The Hall–Kier alpha value is -2.80. The lowest BCUT2D eigenvalue weighted by molar-refractivity contribution is -0.148. The fourth-order valence-corrected chi connectivity index (χ4v) is 4.47. The number of ether oxygens (including phenoxy) is 1. The molecule has 2 aliphatic rings. The number of carboxylic acids is 1. The van der Waals surface area contributed by atoms with Crippen molar-refractivity contribution in [3.63, 3.8) is 0 Å². The number of halogens is 3. The van der Waals surface area contributed by atoms with Gasteiger partial charge in [-0.25, -0.2) is 0 Å². The molecule has 170 valence electrons. The molecule has 2 aliphatic heterocycles. The first-order valence-electron chi connectivity index (χ1n) is 10.7. The number of carboxylic acid groups (broad SMARTS) is 1. The summed E-state index contributed by atoms with van der Waals surface area (Å²) in [4.78, 5) is 13.6. The summed E-state index contributed by atoms with van der Waals surface area (Å²) < 4.78 is 45.8. The molecule has 4 rings (SSSR count). The molecular formula is C25H26F3NO3. The van der Waals surface area contributed by atoms with E-state index in [-0.39, 0.29) is 6.61 Å². The summed E-state index contributed by atoms with van der Waals surface area (Å²) in [7, 11) is 0. The van der Waals surface area contributed by atoms with E-state index in [9.17, 15) is 23.1 Å². The Labute approximate surface area is 185 Å². The maximum atomic E-state index is 13.3. The summed E-state index contributed by atoms with van der Waals surface area (Å²) in [6, 6.07) is 11.4. The highest BCUT2D eigenvalue weighted by atomic mass is 19.4. The van der Waals surface area contributed by atoms with Crippen molar-refractivity contribution < 1.29 is 27.8 Å². The van der Waals surface area contributed by atoms with E-state index < -0.39 is 23.1 Å². The van der Waals surface area contributed by atoms with Gasteiger partial charge in [-0.2, -0.15) is 13.2 Å². The van der Waals surface area contributed by atoms with Gasteiger partial charge in [0.05, 0.1) is 11.0 Å². The number of rotatable bonds is 3. The van der Waals surface area contributed by atoms with Crippen molar-refractivity contribution in [2.75, 3.05) is 19.6 Å². The minimum Gasteiger partial charge on any atom is -0.488 e. The fraction of sp³-hybridized carbons (Fsp3) is 0.400. The number of aliphatic carboxylic acids is 1. The topological polar surface area (TPSA) is 49.8 Å². The third-order valence-electron chi connectivity index (χ3n) is 6.25. The van der Waals surface area contributed by atoms with Gasteiger partial charge in [-0.3, -0.25) is 4.79 Å². The van der Waals surface area contributed by atoms with Crippen LogP contribution in [0, 0.1) is 5.41 Å². The molecule has 4 nitrogen and oxygen atoms in total. The van der Waals surface area contributed by atoms with Gasteiger partial charge in [0, 0.05) is 25.2 Å². The summed E-state index contributed by atoms with van der Waals surface area (Å²) >= 11 is 0. The third kappa shape index (κ3) is 4.39. The van der Waals surface area contributed by atoms with Crippen LogP contribution in [0.2, 0.25) is 0 Å². The normalized spacial score (nSPS) is 17.3. The first-order valence-corrected chi connectivity index (χ1v) is 10.7. The molecule has 0 radical (unpaired) electrons. The lowest BCUT2D eigenvalue weighted by Crippen LogP contribution is -2.42. The molecule has 2 aromatic rings.